The number of aryl methyl sites for hydroxylation is 1. The summed E-state index contributed by atoms with van der Waals surface area (Å²) in [7, 11) is 0. The maximum atomic E-state index is 12.5. The van der Waals surface area contributed by atoms with Gasteiger partial charge in [-0.3, -0.25) is 4.79 Å². The highest BCUT2D eigenvalue weighted by atomic mass is 16.2. The normalized spacial score (nSPS) is 16.1. The van der Waals surface area contributed by atoms with Gasteiger partial charge < -0.3 is 4.90 Å². The Morgan fingerprint density at radius 3 is 2.89 bits per heavy atom. The van der Waals surface area contributed by atoms with Crippen LogP contribution < -0.4 is 4.90 Å². The SMILES string of the molecule is CC/C=C(/C)C(=O)N1CCCCc2ccccc21. The zero-order valence-electron chi connectivity index (χ0n) is 11.3. The monoisotopic (exact) mass is 243 g/mol. The van der Waals surface area contributed by atoms with Crippen molar-refractivity contribution in [2.24, 2.45) is 0 Å². The Kier molecular flexibility index (Phi) is 4.19. The number of carbonyl (C=O) groups excluding carboxylic acids is 1. The van der Waals surface area contributed by atoms with E-state index in [0.717, 1.165) is 43.5 Å². The molecule has 0 aliphatic carbocycles. The maximum absolute atomic E-state index is 12.5. The molecule has 0 saturated heterocycles. The number of allylic oxidation sites excluding steroid dienone is 1. The summed E-state index contributed by atoms with van der Waals surface area (Å²) in [6, 6.07) is 8.28. The second-order valence-corrected chi connectivity index (χ2v) is 4.84. The van der Waals surface area contributed by atoms with E-state index in [1.807, 2.05) is 24.0 Å². The summed E-state index contributed by atoms with van der Waals surface area (Å²) in [5, 5.41) is 0. The van der Waals surface area contributed by atoms with E-state index >= 15 is 0 Å². The predicted molar refractivity (Wildman–Crippen MR) is 75.8 cm³/mol. The molecular weight excluding hydrogens is 222 g/mol. The fraction of sp³-hybridized carbons (Fsp3) is 0.438. The Hall–Kier alpha value is -1.57. The van der Waals surface area contributed by atoms with E-state index in [4.69, 9.17) is 0 Å². The van der Waals surface area contributed by atoms with Gasteiger partial charge in [0.1, 0.15) is 0 Å². The number of para-hydroxylation sites is 1. The fourth-order valence-electron chi connectivity index (χ4n) is 2.51. The van der Waals surface area contributed by atoms with E-state index in [-0.39, 0.29) is 5.91 Å². The van der Waals surface area contributed by atoms with E-state index < -0.39 is 0 Å². The molecule has 0 aromatic heterocycles. The van der Waals surface area contributed by atoms with Crippen LogP contribution in [-0.4, -0.2) is 12.5 Å². The van der Waals surface area contributed by atoms with Crippen molar-refractivity contribution in [1.29, 1.82) is 0 Å². The van der Waals surface area contributed by atoms with E-state index in [2.05, 4.69) is 25.1 Å². The lowest BCUT2D eigenvalue weighted by atomic mass is 10.1. The predicted octanol–water partition coefficient (Wildman–Crippen LogP) is 3.71. The number of fused-ring (bicyclic) bond motifs is 1. The number of carbonyl (C=O) groups is 1. The van der Waals surface area contributed by atoms with Crippen molar-refractivity contribution in [2.75, 3.05) is 11.4 Å². The van der Waals surface area contributed by atoms with Crippen molar-refractivity contribution in [3.8, 4) is 0 Å². The highest BCUT2D eigenvalue weighted by Gasteiger charge is 2.21. The lowest BCUT2D eigenvalue weighted by Crippen LogP contribution is -2.32. The van der Waals surface area contributed by atoms with E-state index in [1.165, 1.54) is 5.56 Å². The molecule has 1 heterocycles. The number of hydrogen-bond acceptors (Lipinski definition) is 1. The van der Waals surface area contributed by atoms with Gasteiger partial charge in [-0.2, -0.15) is 0 Å². The van der Waals surface area contributed by atoms with E-state index in [0.29, 0.717) is 0 Å². The summed E-state index contributed by atoms with van der Waals surface area (Å²) in [5.41, 5.74) is 3.26. The third-order valence-corrected chi connectivity index (χ3v) is 3.45. The Morgan fingerprint density at radius 1 is 1.33 bits per heavy atom. The molecule has 0 bridgehead atoms. The molecule has 1 amide bonds. The van der Waals surface area contributed by atoms with Crippen LogP contribution >= 0.6 is 0 Å². The zero-order valence-corrected chi connectivity index (χ0v) is 11.3. The van der Waals surface area contributed by atoms with Gasteiger partial charge in [0, 0.05) is 17.8 Å². The zero-order chi connectivity index (χ0) is 13.0. The van der Waals surface area contributed by atoms with Gasteiger partial charge in [0.2, 0.25) is 0 Å². The second kappa shape index (κ2) is 5.85. The van der Waals surface area contributed by atoms with Crippen molar-refractivity contribution in [1.82, 2.24) is 0 Å². The third kappa shape index (κ3) is 2.63. The lowest BCUT2D eigenvalue weighted by Gasteiger charge is -2.23. The number of amides is 1. The van der Waals surface area contributed by atoms with Crippen LogP contribution in [0.4, 0.5) is 5.69 Å². The molecule has 1 aromatic rings. The summed E-state index contributed by atoms with van der Waals surface area (Å²) >= 11 is 0. The van der Waals surface area contributed by atoms with Gasteiger partial charge in [-0.1, -0.05) is 31.2 Å². The first kappa shape index (κ1) is 12.9. The lowest BCUT2D eigenvalue weighted by molar-refractivity contribution is -0.115. The van der Waals surface area contributed by atoms with E-state index in [9.17, 15) is 4.79 Å². The molecule has 0 radical (unpaired) electrons. The quantitative estimate of drug-likeness (QED) is 0.725. The Bertz CT molecular complexity index is 462. The van der Waals surface area contributed by atoms with Crippen molar-refractivity contribution in [2.45, 2.75) is 39.5 Å². The van der Waals surface area contributed by atoms with Crippen LogP contribution in [0, 0.1) is 0 Å². The first-order valence-corrected chi connectivity index (χ1v) is 6.80. The minimum atomic E-state index is 0.159. The second-order valence-electron chi connectivity index (χ2n) is 4.84. The topological polar surface area (TPSA) is 20.3 Å². The number of nitrogens with zero attached hydrogens (tertiary/aromatic N) is 1. The van der Waals surface area contributed by atoms with Gasteiger partial charge in [0.15, 0.2) is 0 Å². The molecule has 0 saturated carbocycles. The largest absolute Gasteiger partial charge is 0.308 e. The highest BCUT2D eigenvalue weighted by molar-refractivity contribution is 6.05. The van der Waals surface area contributed by atoms with Gasteiger partial charge in [0.25, 0.3) is 5.91 Å². The molecule has 1 aliphatic rings. The first-order valence-electron chi connectivity index (χ1n) is 6.80. The summed E-state index contributed by atoms with van der Waals surface area (Å²) in [4.78, 5) is 14.4. The number of anilines is 1. The van der Waals surface area contributed by atoms with Crippen molar-refractivity contribution < 1.29 is 4.79 Å². The molecule has 18 heavy (non-hydrogen) atoms. The Balaban J connectivity index is 2.33. The molecule has 0 atom stereocenters. The van der Waals surface area contributed by atoms with Crippen LogP contribution in [0.3, 0.4) is 0 Å². The van der Waals surface area contributed by atoms with Crippen molar-refractivity contribution in [3.05, 3.63) is 41.5 Å². The molecule has 0 fully saturated rings. The minimum Gasteiger partial charge on any atom is -0.308 e. The summed E-state index contributed by atoms with van der Waals surface area (Å²) in [6.45, 7) is 4.82. The molecule has 0 unspecified atom stereocenters. The van der Waals surface area contributed by atoms with Gasteiger partial charge >= 0.3 is 0 Å². The smallest absolute Gasteiger partial charge is 0.253 e. The van der Waals surface area contributed by atoms with Gasteiger partial charge in [0.05, 0.1) is 0 Å². The van der Waals surface area contributed by atoms with E-state index in [1.54, 1.807) is 0 Å². The number of benzene rings is 1. The van der Waals surface area contributed by atoms with Crippen LogP contribution in [0.1, 0.15) is 38.7 Å². The summed E-state index contributed by atoms with van der Waals surface area (Å²) in [6.07, 6.45) is 6.25. The van der Waals surface area contributed by atoms with Gasteiger partial charge in [-0.15, -0.1) is 0 Å². The molecular formula is C16H21NO. The van der Waals surface area contributed by atoms with Crippen LogP contribution in [0.5, 0.6) is 0 Å². The first-order chi connectivity index (χ1) is 8.74. The average Bonchev–Trinajstić information content (AvgIpc) is 2.60. The molecule has 2 heteroatoms. The maximum Gasteiger partial charge on any atom is 0.253 e. The molecule has 96 valence electrons. The minimum absolute atomic E-state index is 0.159. The average molecular weight is 243 g/mol. The third-order valence-electron chi connectivity index (χ3n) is 3.45. The molecule has 0 spiro atoms. The van der Waals surface area contributed by atoms with Crippen LogP contribution in [0.15, 0.2) is 35.9 Å². The Morgan fingerprint density at radius 2 is 2.11 bits per heavy atom. The molecule has 1 aromatic carbocycles. The molecule has 2 nitrogen and oxygen atoms in total. The van der Waals surface area contributed by atoms with Crippen LogP contribution in [0.25, 0.3) is 0 Å². The molecule has 1 aliphatic heterocycles. The summed E-state index contributed by atoms with van der Waals surface area (Å²) in [5.74, 6) is 0.159. The highest BCUT2D eigenvalue weighted by Crippen LogP contribution is 2.27. The molecule has 0 N–H and O–H groups in total. The number of hydrogen-bond donors (Lipinski definition) is 0. The summed E-state index contributed by atoms with van der Waals surface area (Å²) < 4.78 is 0. The van der Waals surface area contributed by atoms with Crippen LogP contribution in [-0.2, 0) is 11.2 Å². The molecule has 2 rings (SSSR count). The standard InChI is InChI=1S/C16H21NO/c1-3-8-13(2)16(18)17-12-7-6-10-14-9-4-5-11-15(14)17/h4-5,8-9,11H,3,6-7,10,12H2,1-2H3/b13-8-. The van der Waals surface area contributed by atoms with Crippen molar-refractivity contribution >= 4 is 11.6 Å². The van der Waals surface area contributed by atoms with Gasteiger partial charge in [-0.05, 0) is 44.2 Å². The Labute approximate surface area is 109 Å². The van der Waals surface area contributed by atoms with Gasteiger partial charge in [-0.25, -0.2) is 0 Å². The van der Waals surface area contributed by atoms with Crippen LogP contribution in [0.2, 0.25) is 0 Å². The van der Waals surface area contributed by atoms with Crippen molar-refractivity contribution in [3.63, 3.8) is 0 Å². The fourth-order valence-corrected chi connectivity index (χ4v) is 2.51. The number of rotatable bonds is 2.